The highest BCUT2D eigenvalue weighted by molar-refractivity contribution is 6.07. The van der Waals surface area contributed by atoms with Gasteiger partial charge in [-0.05, 0) is 48.0 Å². The Balaban J connectivity index is 1.36. The molecule has 0 aliphatic carbocycles. The minimum atomic E-state index is 0.0783. The Labute approximate surface area is 163 Å². The Hall–Kier alpha value is -3.66. The van der Waals surface area contributed by atoms with E-state index >= 15 is 0 Å². The minimum Gasteiger partial charge on any atom is -0.487 e. The molecule has 0 spiro atoms. The standard InChI is InChI=1S/C24H18N2O2/c27-24-15-18-14-21(12-13-23(18)26(24)20-7-2-1-3-8-20)28-16-19-11-10-17-6-4-5-9-22(17)25-19/h1-14H,15-16H2. The fraction of sp³-hybridized carbons (Fsp3) is 0.0833. The number of carbonyl (C=O) groups excluding carboxylic acids is 1. The molecule has 0 saturated carbocycles. The number of para-hydroxylation sites is 2. The van der Waals surface area contributed by atoms with Crippen LogP contribution in [0.15, 0.2) is 84.9 Å². The quantitative estimate of drug-likeness (QED) is 0.508. The molecule has 1 amide bonds. The lowest BCUT2D eigenvalue weighted by molar-refractivity contribution is -0.116. The highest BCUT2D eigenvalue weighted by atomic mass is 16.5. The third kappa shape index (κ3) is 2.99. The van der Waals surface area contributed by atoms with Gasteiger partial charge >= 0.3 is 0 Å². The molecule has 5 rings (SSSR count). The molecule has 4 aromatic rings. The van der Waals surface area contributed by atoms with E-state index in [1.807, 2.05) is 78.9 Å². The van der Waals surface area contributed by atoms with E-state index in [1.54, 1.807) is 4.90 Å². The van der Waals surface area contributed by atoms with E-state index in [-0.39, 0.29) is 5.91 Å². The van der Waals surface area contributed by atoms with Gasteiger partial charge in [0, 0.05) is 11.1 Å². The van der Waals surface area contributed by atoms with Crippen LogP contribution in [0, 0.1) is 0 Å². The van der Waals surface area contributed by atoms with Gasteiger partial charge in [0.2, 0.25) is 5.91 Å². The zero-order chi connectivity index (χ0) is 18.9. The lowest BCUT2D eigenvalue weighted by Gasteiger charge is -2.17. The molecule has 1 aromatic heterocycles. The van der Waals surface area contributed by atoms with E-state index in [4.69, 9.17) is 4.74 Å². The summed E-state index contributed by atoms with van der Waals surface area (Å²) < 4.78 is 5.95. The topological polar surface area (TPSA) is 42.4 Å². The first kappa shape index (κ1) is 16.5. The van der Waals surface area contributed by atoms with Gasteiger partial charge in [0.25, 0.3) is 0 Å². The van der Waals surface area contributed by atoms with Gasteiger partial charge in [-0.3, -0.25) is 9.69 Å². The highest BCUT2D eigenvalue weighted by Crippen LogP contribution is 2.37. The molecule has 0 unspecified atom stereocenters. The van der Waals surface area contributed by atoms with E-state index < -0.39 is 0 Å². The number of amides is 1. The van der Waals surface area contributed by atoms with Crippen LogP contribution in [-0.2, 0) is 17.8 Å². The third-order valence-electron chi connectivity index (χ3n) is 4.94. The summed E-state index contributed by atoms with van der Waals surface area (Å²) in [6, 6.07) is 27.6. The monoisotopic (exact) mass is 366 g/mol. The van der Waals surface area contributed by atoms with Crippen molar-refractivity contribution < 1.29 is 9.53 Å². The normalized spacial score (nSPS) is 13.0. The summed E-state index contributed by atoms with van der Waals surface area (Å²) >= 11 is 0. The summed E-state index contributed by atoms with van der Waals surface area (Å²) in [6.45, 7) is 0.389. The summed E-state index contributed by atoms with van der Waals surface area (Å²) in [5.41, 5.74) is 4.63. The molecule has 136 valence electrons. The van der Waals surface area contributed by atoms with Crippen molar-refractivity contribution in [3.8, 4) is 5.75 Å². The minimum absolute atomic E-state index is 0.0783. The second-order valence-corrected chi connectivity index (χ2v) is 6.82. The maximum Gasteiger partial charge on any atom is 0.236 e. The Kier molecular flexibility index (Phi) is 4.02. The molecular formula is C24H18N2O2. The molecule has 0 saturated heterocycles. The van der Waals surface area contributed by atoms with E-state index in [9.17, 15) is 4.79 Å². The molecule has 0 radical (unpaired) electrons. The molecule has 1 aliphatic heterocycles. The number of nitrogens with zero attached hydrogens (tertiary/aromatic N) is 2. The van der Waals surface area contributed by atoms with Crippen molar-refractivity contribution in [3.05, 3.63) is 96.2 Å². The van der Waals surface area contributed by atoms with Crippen LogP contribution in [0.5, 0.6) is 5.75 Å². The molecule has 0 fully saturated rings. The average Bonchev–Trinajstić information content (AvgIpc) is 3.07. The molecule has 0 bridgehead atoms. The molecule has 4 heteroatoms. The summed E-state index contributed by atoms with van der Waals surface area (Å²) in [4.78, 5) is 18.9. The number of ether oxygens (including phenoxy) is 1. The fourth-order valence-corrected chi connectivity index (χ4v) is 3.59. The number of hydrogen-bond donors (Lipinski definition) is 0. The summed E-state index contributed by atoms with van der Waals surface area (Å²) in [5, 5.41) is 1.11. The van der Waals surface area contributed by atoms with Gasteiger partial charge in [0.15, 0.2) is 0 Å². The molecule has 0 N–H and O–H groups in total. The first-order chi connectivity index (χ1) is 13.8. The molecule has 28 heavy (non-hydrogen) atoms. The van der Waals surface area contributed by atoms with Crippen LogP contribution < -0.4 is 9.64 Å². The Morgan fingerprint density at radius 3 is 2.61 bits per heavy atom. The summed E-state index contributed by atoms with van der Waals surface area (Å²) in [6.07, 6.45) is 0.385. The number of rotatable bonds is 4. The third-order valence-corrected chi connectivity index (χ3v) is 4.94. The van der Waals surface area contributed by atoms with E-state index in [1.165, 1.54) is 0 Å². The van der Waals surface area contributed by atoms with Crippen LogP contribution in [0.1, 0.15) is 11.3 Å². The maximum atomic E-state index is 12.5. The second-order valence-electron chi connectivity index (χ2n) is 6.82. The van der Waals surface area contributed by atoms with Gasteiger partial charge in [-0.1, -0.05) is 42.5 Å². The second kappa shape index (κ2) is 6.82. The van der Waals surface area contributed by atoms with Crippen LogP contribution in [0.3, 0.4) is 0 Å². The van der Waals surface area contributed by atoms with Gasteiger partial charge in [-0.2, -0.15) is 0 Å². The van der Waals surface area contributed by atoms with Crippen LogP contribution in [0.4, 0.5) is 11.4 Å². The number of pyridine rings is 1. The van der Waals surface area contributed by atoms with Crippen LogP contribution in [0.25, 0.3) is 10.9 Å². The number of hydrogen-bond acceptors (Lipinski definition) is 3. The van der Waals surface area contributed by atoms with Gasteiger partial charge in [-0.15, -0.1) is 0 Å². The molecule has 4 nitrogen and oxygen atoms in total. The molecule has 3 aromatic carbocycles. The van der Waals surface area contributed by atoms with E-state index in [2.05, 4.69) is 11.1 Å². The summed E-state index contributed by atoms with van der Waals surface area (Å²) in [7, 11) is 0. The Morgan fingerprint density at radius 2 is 1.71 bits per heavy atom. The zero-order valence-corrected chi connectivity index (χ0v) is 15.2. The Bertz CT molecular complexity index is 1170. The van der Waals surface area contributed by atoms with Crippen molar-refractivity contribution in [2.45, 2.75) is 13.0 Å². The van der Waals surface area contributed by atoms with Crippen LogP contribution in [-0.4, -0.2) is 10.9 Å². The molecular weight excluding hydrogens is 348 g/mol. The first-order valence-electron chi connectivity index (χ1n) is 9.26. The zero-order valence-electron chi connectivity index (χ0n) is 15.2. The predicted octanol–water partition coefficient (Wildman–Crippen LogP) is 5.03. The van der Waals surface area contributed by atoms with E-state index in [0.717, 1.165) is 39.3 Å². The SMILES string of the molecule is O=C1Cc2cc(OCc3ccc4ccccc4n3)ccc2N1c1ccccc1. The number of carbonyl (C=O) groups is 1. The number of aromatic nitrogens is 1. The van der Waals surface area contributed by atoms with Crippen LogP contribution >= 0.6 is 0 Å². The van der Waals surface area contributed by atoms with E-state index in [0.29, 0.717) is 13.0 Å². The molecule has 1 aliphatic rings. The van der Waals surface area contributed by atoms with Gasteiger partial charge in [0.1, 0.15) is 12.4 Å². The van der Waals surface area contributed by atoms with Gasteiger partial charge in [0.05, 0.1) is 23.3 Å². The highest BCUT2D eigenvalue weighted by Gasteiger charge is 2.28. The lowest BCUT2D eigenvalue weighted by Crippen LogP contribution is -2.20. The molecule has 2 heterocycles. The number of fused-ring (bicyclic) bond motifs is 2. The molecule has 0 atom stereocenters. The van der Waals surface area contributed by atoms with Crippen molar-refractivity contribution in [3.63, 3.8) is 0 Å². The Morgan fingerprint density at radius 1 is 0.893 bits per heavy atom. The largest absolute Gasteiger partial charge is 0.487 e. The van der Waals surface area contributed by atoms with Crippen molar-refractivity contribution >= 4 is 28.2 Å². The lowest BCUT2D eigenvalue weighted by atomic mass is 10.1. The van der Waals surface area contributed by atoms with Gasteiger partial charge in [-0.25, -0.2) is 4.98 Å². The average molecular weight is 366 g/mol. The van der Waals surface area contributed by atoms with Crippen molar-refractivity contribution in [2.75, 3.05) is 4.90 Å². The van der Waals surface area contributed by atoms with Gasteiger partial charge < -0.3 is 4.74 Å². The number of anilines is 2. The number of benzene rings is 3. The predicted molar refractivity (Wildman–Crippen MR) is 110 cm³/mol. The van der Waals surface area contributed by atoms with Crippen molar-refractivity contribution in [1.82, 2.24) is 4.98 Å². The maximum absolute atomic E-state index is 12.5. The first-order valence-corrected chi connectivity index (χ1v) is 9.26. The van der Waals surface area contributed by atoms with Crippen LogP contribution in [0.2, 0.25) is 0 Å². The van der Waals surface area contributed by atoms with Crippen molar-refractivity contribution in [1.29, 1.82) is 0 Å². The smallest absolute Gasteiger partial charge is 0.236 e. The van der Waals surface area contributed by atoms with Crippen molar-refractivity contribution in [2.24, 2.45) is 0 Å². The fourth-order valence-electron chi connectivity index (χ4n) is 3.59. The summed E-state index contributed by atoms with van der Waals surface area (Å²) in [5.74, 6) is 0.825.